The fourth-order valence-electron chi connectivity index (χ4n) is 3.48. The monoisotopic (exact) mass is 341 g/mol. The Labute approximate surface area is 147 Å². The third kappa shape index (κ3) is 4.07. The second kappa shape index (κ2) is 6.60. The zero-order chi connectivity index (χ0) is 18.2. The van der Waals surface area contributed by atoms with Gasteiger partial charge in [-0.2, -0.15) is 0 Å². The molecule has 2 aromatic heterocycles. The average molecular weight is 341 g/mol. The summed E-state index contributed by atoms with van der Waals surface area (Å²) >= 11 is 0. The summed E-state index contributed by atoms with van der Waals surface area (Å²) in [7, 11) is 0. The van der Waals surface area contributed by atoms with E-state index in [2.05, 4.69) is 11.9 Å². The van der Waals surface area contributed by atoms with E-state index >= 15 is 0 Å². The number of halogens is 1. The van der Waals surface area contributed by atoms with Crippen LogP contribution in [0.3, 0.4) is 0 Å². The number of aryl methyl sites for hydroxylation is 1. The van der Waals surface area contributed by atoms with Crippen LogP contribution in [0.25, 0.3) is 22.1 Å². The van der Waals surface area contributed by atoms with Crippen molar-refractivity contribution in [1.29, 1.82) is 0 Å². The quantitative estimate of drug-likeness (QED) is 0.686. The third-order valence-electron chi connectivity index (χ3n) is 4.38. The van der Waals surface area contributed by atoms with Gasteiger partial charge in [-0.3, -0.25) is 4.98 Å². The van der Waals surface area contributed by atoms with Crippen molar-refractivity contribution in [1.82, 2.24) is 4.98 Å². The van der Waals surface area contributed by atoms with Crippen LogP contribution in [0.2, 0.25) is 0 Å². The number of rotatable bonds is 5. The maximum atomic E-state index is 13.7. The van der Waals surface area contributed by atoms with Crippen LogP contribution in [-0.2, 0) is 6.42 Å². The minimum Gasteiger partial charge on any atom is -0.459 e. The first-order chi connectivity index (χ1) is 11.7. The van der Waals surface area contributed by atoms with Gasteiger partial charge in [0, 0.05) is 23.6 Å². The van der Waals surface area contributed by atoms with Crippen molar-refractivity contribution in [3.63, 3.8) is 0 Å². The van der Waals surface area contributed by atoms with Crippen molar-refractivity contribution in [3.05, 3.63) is 53.8 Å². The second-order valence-electron chi connectivity index (χ2n) is 7.60. The maximum absolute atomic E-state index is 13.7. The zero-order valence-corrected chi connectivity index (χ0v) is 15.1. The van der Waals surface area contributed by atoms with Crippen LogP contribution in [0.4, 0.5) is 4.39 Å². The molecule has 0 amide bonds. The number of nitrogens with zero attached hydrogens (tertiary/aromatic N) is 1. The summed E-state index contributed by atoms with van der Waals surface area (Å²) in [6.45, 7) is 7.69. The predicted molar refractivity (Wildman–Crippen MR) is 97.9 cm³/mol. The Kier molecular flexibility index (Phi) is 4.65. The molecule has 0 spiro atoms. The molecule has 1 aromatic carbocycles. The van der Waals surface area contributed by atoms with Gasteiger partial charge in [0.15, 0.2) is 5.58 Å². The van der Waals surface area contributed by atoms with Crippen molar-refractivity contribution in [2.75, 3.05) is 0 Å². The number of aliphatic hydroxyl groups is 1. The van der Waals surface area contributed by atoms with Gasteiger partial charge in [0.25, 0.3) is 0 Å². The Balaban J connectivity index is 1.97. The largest absolute Gasteiger partial charge is 0.459 e. The molecule has 3 aromatic rings. The predicted octanol–water partition coefficient (Wildman–Crippen LogP) is 5.28. The molecule has 0 aliphatic rings. The molecule has 0 saturated carbocycles. The van der Waals surface area contributed by atoms with E-state index in [4.69, 9.17) is 4.42 Å². The zero-order valence-electron chi connectivity index (χ0n) is 15.1. The number of pyridine rings is 1. The summed E-state index contributed by atoms with van der Waals surface area (Å²) < 4.78 is 19.6. The molecule has 2 heterocycles. The van der Waals surface area contributed by atoms with Crippen LogP contribution in [0.1, 0.15) is 38.5 Å². The van der Waals surface area contributed by atoms with E-state index in [9.17, 15) is 9.50 Å². The highest BCUT2D eigenvalue weighted by Crippen LogP contribution is 2.33. The molecule has 0 bridgehead atoms. The molecule has 1 unspecified atom stereocenters. The third-order valence-corrected chi connectivity index (χ3v) is 4.38. The van der Waals surface area contributed by atoms with Crippen LogP contribution < -0.4 is 0 Å². The Hall–Kier alpha value is -2.20. The summed E-state index contributed by atoms with van der Waals surface area (Å²) in [5.74, 6) is 0.878. The molecule has 1 N–H and O–H groups in total. The van der Waals surface area contributed by atoms with Gasteiger partial charge in [0.05, 0.1) is 11.8 Å². The van der Waals surface area contributed by atoms with Gasteiger partial charge in [-0.05, 0) is 62.4 Å². The molecule has 0 aliphatic carbocycles. The second-order valence-corrected chi connectivity index (χ2v) is 7.60. The van der Waals surface area contributed by atoms with Gasteiger partial charge in [-0.25, -0.2) is 4.39 Å². The lowest BCUT2D eigenvalue weighted by atomic mass is 9.92. The number of fused-ring (bicyclic) bond motifs is 1. The highest BCUT2D eigenvalue weighted by molar-refractivity contribution is 5.94. The molecule has 25 heavy (non-hydrogen) atoms. The van der Waals surface area contributed by atoms with E-state index < -0.39 is 5.60 Å². The Morgan fingerprint density at radius 1 is 1.20 bits per heavy atom. The standard InChI is InChI=1S/C21H24FNO2/c1-13(10-21(3,4)24)7-16-9-18-19(11-23-12-20(18)25-16)17-8-15(22)6-5-14(17)2/h5-6,8-9,11-13,24H,7,10H2,1-4H3. The van der Waals surface area contributed by atoms with Gasteiger partial charge in [0.2, 0.25) is 0 Å². The van der Waals surface area contributed by atoms with Crippen molar-refractivity contribution in [2.24, 2.45) is 5.92 Å². The van der Waals surface area contributed by atoms with E-state index in [0.717, 1.165) is 34.3 Å². The first-order valence-corrected chi connectivity index (χ1v) is 8.58. The summed E-state index contributed by atoms with van der Waals surface area (Å²) in [6, 6.07) is 6.79. The summed E-state index contributed by atoms with van der Waals surface area (Å²) in [6.07, 6.45) is 4.87. The topological polar surface area (TPSA) is 46.3 Å². The fourth-order valence-corrected chi connectivity index (χ4v) is 3.48. The smallest absolute Gasteiger partial charge is 0.153 e. The Bertz CT molecular complexity index is 893. The van der Waals surface area contributed by atoms with E-state index in [1.165, 1.54) is 12.1 Å². The van der Waals surface area contributed by atoms with Gasteiger partial charge in [-0.1, -0.05) is 13.0 Å². The van der Waals surface area contributed by atoms with E-state index in [0.29, 0.717) is 12.0 Å². The van der Waals surface area contributed by atoms with E-state index in [1.807, 2.05) is 26.8 Å². The number of hydrogen-bond acceptors (Lipinski definition) is 3. The molecule has 0 saturated heterocycles. The van der Waals surface area contributed by atoms with Crippen molar-refractivity contribution < 1.29 is 13.9 Å². The van der Waals surface area contributed by atoms with E-state index in [1.54, 1.807) is 18.5 Å². The first-order valence-electron chi connectivity index (χ1n) is 8.58. The van der Waals surface area contributed by atoms with Gasteiger partial charge in [-0.15, -0.1) is 0 Å². The number of benzene rings is 1. The molecule has 1 atom stereocenters. The normalized spacial score (nSPS) is 13.4. The molecule has 0 radical (unpaired) electrons. The van der Waals surface area contributed by atoms with Crippen LogP contribution in [0.15, 0.2) is 41.1 Å². The Morgan fingerprint density at radius 3 is 2.68 bits per heavy atom. The molecule has 132 valence electrons. The van der Waals surface area contributed by atoms with Crippen LogP contribution in [0, 0.1) is 18.7 Å². The highest BCUT2D eigenvalue weighted by Gasteiger charge is 2.19. The highest BCUT2D eigenvalue weighted by atomic mass is 19.1. The van der Waals surface area contributed by atoms with Crippen molar-refractivity contribution >= 4 is 11.0 Å². The van der Waals surface area contributed by atoms with Gasteiger partial charge < -0.3 is 9.52 Å². The average Bonchev–Trinajstić information content (AvgIpc) is 2.89. The van der Waals surface area contributed by atoms with Gasteiger partial charge in [0.1, 0.15) is 11.6 Å². The van der Waals surface area contributed by atoms with Crippen molar-refractivity contribution in [3.8, 4) is 11.1 Å². The molecule has 0 fully saturated rings. The van der Waals surface area contributed by atoms with E-state index in [-0.39, 0.29) is 11.7 Å². The Morgan fingerprint density at radius 2 is 1.96 bits per heavy atom. The summed E-state index contributed by atoms with van der Waals surface area (Å²) in [4.78, 5) is 4.26. The maximum Gasteiger partial charge on any atom is 0.153 e. The van der Waals surface area contributed by atoms with Crippen LogP contribution in [0.5, 0.6) is 0 Å². The minimum atomic E-state index is -0.698. The summed E-state index contributed by atoms with van der Waals surface area (Å²) in [5.41, 5.74) is 2.70. The molecular formula is C21H24FNO2. The number of furan rings is 1. The van der Waals surface area contributed by atoms with Crippen LogP contribution >= 0.6 is 0 Å². The van der Waals surface area contributed by atoms with Crippen LogP contribution in [-0.4, -0.2) is 15.7 Å². The molecule has 3 nitrogen and oxygen atoms in total. The van der Waals surface area contributed by atoms with Gasteiger partial charge >= 0.3 is 0 Å². The molecule has 0 aliphatic heterocycles. The minimum absolute atomic E-state index is 0.264. The molecular weight excluding hydrogens is 317 g/mol. The molecule has 3 rings (SSSR count). The molecule has 4 heteroatoms. The number of hydrogen-bond donors (Lipinski definition) is 1. The lowest BCUT2D eigenvalue weighted by Gasteiger charge is -2.21. The number of aromatic nitrogens is 1. The lowest BCUT2D eigenvalue weighted by Crippen LogP contribution is -2.22. The first kappa shape index (κ1) is 17.6. The lowest BCUT2D eigenvalue weighted by molar-refractivity contribution is 0.0547. The SMILES string of the molecule is Cc1ccc(F)cc1-c1cncc2oc(CC(C)CC(C)(C)O)cc12. The summed E-state index contributed by atoms with van der Waals surface area (Å²) in [5, 5.41) is 10.9. The fraction of sp³-hybridized carbons (Fsp3) is 0.381. The van der Waals surface area contributed by atoms with Crippen molar-refractivity contribution in [2.45, 2.75) is 46.1 Å².